The van der Waals surface area contributed by atoms with Crippen LogP contribution in [-0.4, -0.2) is 16.0 Å². The number of rotatable bonds is 4. The van der Waals surface area contributed by atoms with Crippen LogP contribution in [0.4, 0.5) is 5.13 Å². The van der Waals surface area contributed by atoms with Gasteiger partial charge in [0.2, 0.25) is 5.13 Å². The summed E-state index contributed by atoms with van der Waals surface area (Å²) in [4.78, 5) is 16.4. The van der Waals surface area contributed by atoms with Crippen molar-refractivity contribution in [1.29, 1.82) is 0 Å². The number of nitrogens with one attached hydrogen (secondary N) is 2. The van der Waals surface area contributed by atoms with Crippen LogP contribution < -0.4 is 10.9 Å². The molecule has 0 saturated carbocycles. The summed E-state index contributed by atoms with van der Waals surface area (Å²) in [6.07, 6.45) is 0. The predicted octanol–water partition coefficient (Wildman–Crippen LogP) is 4.16. The van der Waals surface area contributed by atoms with Crippen LogP contribution in [0.15, 0.2) is 53.9 Å². The van der Waals surface area contributed by atoms with Crippen molar-refractivity contribution in [3.63, 3.8) is 0 Å². The van der Waals surface area contributed by atoms with Gasteiger partial charge in [0, 0.05) is 16.5 Å². The Balaban J connectivity index is 0.00000208. The maximum atomic E-state index is 12.0. The van der Waals surface area contributed by atoms with Gasteiger partial charge in [0.1, 0.15) is 5.75 Å². The first-order valence-corrected chi connectivity index (χ1v) is 7.88. The average Bonchev–Trinajstić information content (AvgIpc) is 3.03. The molecule has 0 atom stereocenters. The van der Waals surface area contributed by atoms with E-state index in [2.05, 4.69) is 15.8 Å². The summed E-state index contributed by atoms with van der Waals surface area (Å²) < 4.78 is 0. The minimum atomic E-state index is -0.216. The number of phenols is 1. The van der Waals surface area contributed by atoms with E-state index in [1.165, 1.54) is 11.3 Å². The Morgan fingerprint density at radius 3 is 2.42 bits per heavy atom. The van der Waals surface area contributed by atoms with E-state index in [1.807, 2.05) is 24.4 Å². The van der Waals surface area contributed by atoms with E-state index >= 15 is 0 Å². The minimum Gasteiger partial charge on any atom is -0.508 e. The molecule has 3 aromatic rings. The van der Waals surface area contributed by atoms with Crippen LogP contribution in [0.5, 0.6) is 5.75 Å². The number of aromatic hydroxyl groups is 1. The zero-order valence-corrected chi connectivity index (χ0v) is 15.3. The first-order chi connectivity index (χ1) is 11.1. The van der Waals surface area contributed by atoms with Crippen molar-refractivity contribution in [2.24, 2.45) is 0 Å². The van der Waals surface area contributed by atoms with Gasteiger partial charge in [-0.15, -0.1) is 28.3 Å². The molecule has 124 valence electrons. The van der Waals surface area contributed by atoms with Gasteiger partial charge in [0.15, 0.2) is 0 Å². The third-order valence-electron chi connectivity index (χ3n) is 3.26. The second kappa shape index (κ2) is 7.94. The van der Waals surface area contributed by atoms with E-state index in [-0.39, 0.29) is 28.6 Å². The number of aryl methyl sites for hydroxylation is 1. The van der Waals surface area contributed by atoms with Crippen LogP contribution in [-0.2, 0) is 0 Å². The first-order valence-electron chi connectivity index (χ1n) is 7.00. The first kappa shape index (κ1) is 18.0. The fourth-order valence-electron chi connectivity index (χ4n) is 1.98. The Labute approximate surface area is 154 Å². The predicted molar refractivity (Wildman–Crippen MR) is 102 cm³/mol. The SMILES string of the molecule is Br.Cc1ccc(C(=O)NNc2nc(-c3ccc(O)cc3)cs2)cc1. The highest BCUT2D eigenvalue weighted by atomic mass is 79.9. The molecular formula is C17H16BrN3O2S. The fraction of sp³-hybridized carbons (Fsp3) is 0.0588. The number of amides is 1. The Morgan fingerprint density at radius 2 is 1.75 bits per heavy atom. The molecule has 0 bridgehead atoms. The number of carbonyl (C=O) groups excluding carboxylic acids is 1. The molecular weight excluding hydrogens is 390 g/mol. The third kappa shape index (κ3) is 4.33. The van der Waals surface area contributed by atoms with Gasteiger partial charge in [-0.2, -0.15) is 0 Å². The Hall–Kier alpha value is -2.38. The van der Waals surface area contributed by atoms with Gasteiger partial charge in [-0.25, -0.2) is 4.98 Å². The molecule has 1 heterocycles. The number of anilines is 1. The molecule has 0 saturated heterocycles. The van der Waals surface area contributed by atoms with Crippen LogP contribution in [0.1, 0.15) is 15.9 Å². The number of phenolic OH excluding ortho intramolecular Hbond substituents is 1. The zero-order chi connectivity index (χ0) is 16.2. The molecule has 0 radical (unpaired) electrons. The van der Waals surface area contributed by atoms with Gasteiger partial charge in [0.25, 0.3) is 5.91 Å². The second-order valence-electron chi connectivity index (χ2n) is 5.03. The highest BCUT2D eigenvalue weighted by molar-refractivity contribution is 8.93. The number of halogens is 1. The van der Waals surface area contributed by atoms with Crippen LogP contribution in [0, 0.1) is 6.92 Å². The van der Waals surface area contributed by atoms with Crippen LogP contribution in [0.3, 0.4) is 0 Å². The molecule has 1 aromatic heterocycles. The Morgan fingerprint density at radius 1 is 1.08 bits per heavy atom. The number of carbonyl (C=O) groups is 1. The number of hydrogen-bond acceptors (Lipinski definition) is 5. The smallest absolute Gasteiger partial charge is 0.269 e. The van der Waals surface area contributed by atoms with Crippen LogP contribution in [0.2, 0.25) is 0 Å². The highest BCUT2D eigenvalue weighted by Gasteiger charge is 2.07. The summed E-state index contributed by atoms with van der Waals surface area (Å²) in [5.74, 6) is -0.000859. The lowest BCUT2D eigenvalue weighted by Crippen LogP contribution is -2.29. The summed E-state index contributed by atoms with van der Waals surface area (Å²) in [7, 11) is 0. The van der Waals surface area contributed by atoms with Gasteiger partial charge in [0.05, 0.1) is 5.69 Å². The largest absolute Gasteiger partial charge is 0.508 e. The molecule has 7 heteroatoms. The number of thiazole rings is 1. The average molecular weight is 406 g/mol. The van der Waals surface area contributed by atoms with E-state index < -0.39 is 0 Å². The van der Waals surface area contributed by atoms with Gasteiger partial charge in [-0.1, -0.05) is 17.7 Å². The van der Waals surface area contributed by atoms with Crippen molar-refractivity contribution in [2.75, 3.05) is 5.43 Å². The topological polar surface area (TPSA) is 74.2 Å². The van der Waals surface area contributed by atoms with Crippen LogP contribution in [0.25, 0.3) is 11.3 Å². The molecule has 0 fully saturated rings. The molecule has 0 aliphatic heterocycles. The van der Waals surface area contributed by atoms with E-state index in [0.29, 0.717) is 10.7 Å². The highest BCUT2D eigenvalue weighted by Crippen LogP contribution is 2.25. The molecule has 24 heavy (non-hydrogen) atoms. The van der Waals surface area contributed by atoms with Gasteiger partial charge in [-0.3, -0.25) is 15.6 Å². The molecule has 2 aromatic carbocycles. The summed E-state index contributed by atoms with van der Waals surface area (Å²) in [6.45, 7) is 1.97. The molecule has 3 rings (SSSR count). The van der Waals surface area contributed by atoms with Crippen molar-refractivity contribution >= 4 is 39.4 Å². The molecule has 1 amide bonds. The lowest BCUT2D eigenvalue weighted by molar-refractivity contribution is 0.0962. The maximum Gasteiger partial charge on any atom is 0.269 e. The Bertz CT molecular complexity index is 817. The van der Waals surface area contributed by atoms with Gasteiger partial charge in [-0.05, 0) is 43.3 Å². The summed E-state index contributed by atoms with van der Waals surface area (Å²) in [5.41, 5.74) is 8.81. The van der Waals surface area contributed by atoms with Crippen LogP contribution >= 0.6 is 28.3 Å². The molecule has 3 N–H and O–H groups in total. The van der Waals surface area contributed by atoms with Crippen molar-refractivity contribution in [3.05, 3.63) is 65.0 Å². The second-order valence-corrected chi connectivity index (χ2v) is 5.89. The summed E-state index contributed by atoms with van der Waals surface area (Å²) >= 11 is 1.39. The maximum absolute atomic E-state index is 12.0. The fourth-order valence-corrected chi connectivity index (χ4v) is 2.66. The summed E-state index contributed by atoms with van der Waals surface area (Å²) in [5, 5.41) is 11.8. The van der Waals surface area contributed by atoms with Crippen molar-refractivity contribution in [3.8, 4) is 17.0 Å². The van der Waals surface area contributed by atoms with E-state index in [4.69, 9.17) is 0 Å². The van der Waals surface area contributed by atoms with E-state index in [0.717, 1.165) is 16.8 Å². The van der Waals surface area contributed by atoms with Gasteiger partial charge >= 0.3 is 0 Å². The minimum absolute atomic E-state index is 0. The molecule has 0 unspecified atom stereocenters. The van der Waals surface area contributed by atoms with E-state index in [9.17, 15) is 9.90 Å². The lowest BCUT2D eigenvalue weighted by atomic mass is 10.1. The van der Waals surface area contributed by atoms with Crippen molar-refractivity contribution < 1.29 is 9.90 Å². The lowest BCUT2D eigenvalue weighted by Gasteiger charge is -2.05. The third-order valence-corrected chi connectivity index (χ3v) is 4.02. The van der Waals surface area contributed by atoms with Gasteiger partial charge < -0.3 is 5.11 Å². The van der Waals surface area contributed by atoms with Crippen molar-refractivity contribution in [2.45, 2.75) is 6.92 Å². The number of aromatic nitrogens is 1. The molecule has 0 aliphatic rings. The number of benzene rings is 2. The quantitative estimate of drug-likeness (QED) is 0.569. The molecule has 0 aliphatic carbocycles. The molecule has 0 spiro atoms. The van der Waals surface area contributed by atoms with E-state index in [1.54, 1.807) is 36.4 Å². The number of hydrazine groups is 1. The normalized spacial score (nSPS) is 9.88. The summed E-state index contributed by atoms with van der Waals surface area (Å²) in [6, 6.07) is 14.1. The molecule has 5 nitrogen and oxygen atoms in total. The Kier molecular flexibility index (Phi) is 5.94. The van der Waals surface area contributed by atoms with Crippen molar-refractivity contribution in [1.82, 2.24) is 10.4 Å². The number of nitrogens with zero attached hydrogens (tertiary/aromatic N) is 1. The number of hydrogen-bond donors (Lipinski definition) is 3. The monoisotopic (exact) mass is 405 g/mol. The zero-order valence-electron chi connectivity index (χ0n) is 12.8. The standard InChI is InChI=1S/C17H15N3O2S.BrH/c1-11-2-4-13(5-3-11)16(22)19-20-17-18-15(10-23-17)12-6-8-14(21)9-7-12;/h2-10,21H,1H3,(H,18,20)(H,19,22);1H.